The van der Waals surface area contributed by atoms with E-state index >= 15 is 0 Å². The standard InChI is InChI=1S/C11H14BrClN2O2/c1-16-5-7-8(12)10(13)15-11(14-7)9(17-2)6-3-4-6/h6,9H,3-5H2,1-2H3. The molecule has 0 spiro atoms. The molecule has 1 aromatic rings. The van der Waals surface area contributed by atoms with Crippen LogP contribution in [0.2, 0.25) is 5.15 Å². The van der Waals surface area contributed by atoms with E-state index in [1.807, 2.05) is 0 Å². The van der Waals surface area contributed by atoms with E-state index in [4.69, 9.17) is 21.1 Å². The summed E-state index contributed by atoms with van der Waals surface area (Å²) < 4.78 is 11.2. The summed E-state index contributed by atoms with van der Waals surface area (Å²) in [5.41, 5.74) is 0.755. The van der Waals surface area contributed by atoms with Crippen molar-refractivity contribution >= 4 is 27.5 Å². The Balaban J connectivity index is 2.33. The number of hydrogen-bond donors (Lipinski definition) is 0. The van der Waals surface area contributed by atoms with Gasteiger partial charge in [0.05, 0.1) is 16.8 Å². The quantitative estimate of drug-likeness (QED) is 0.782. The van der Waals surface area contributed by atoms with Gasteiger partial charge in [-0.2, -0.15) is 0 Å². The van der Waals surface area contributed by atoms with Gasteiger partial charge in [-0.1, -0.05) is 11.6 Å². The molecule has 1 unspecified atom stereocenters. The molecule has 1 heterocycles. The monoisotopic (exact) mass is 320 g/mol. The summed E-state index contributed by atoms with van der Waals surface area (Å²) in [5, 5.41) is 0.407. The molecule has 94 valence electrons. The summed E-state index contributed by atoms with van der Waals surface area (Å²) in [4.78, 5) is 8.74. The van der Waals surface area contributed by atoms with Crippen molar-refractivity contribution in [3.63, 3.8) is 0 Å². The van der Waals surface area contributed by atoms with E-state index in [1.165, 1.54) is 0 Å². The summed E-state index contributed by atoms with van der Waals surface area (Å²) in [7, 11) is 3.30. The minimum atomic E-state index is -0.0591. The van der Waals surface area contributed by atoms with Crippen LogP contribution in [0.25, 0.3) is 0 Å². The number of hydrogen-bond acceptors (Lipinski definition) is 4. The molecule has 0 aliphatic heterocycles. The van der Waals surface area contributed by atoms with Crippen molar-refractivity contribution in [1.29, 1.82) is 0 Å². The van der Waals surface area contributed by atoms with Crippen LogP contribution < -0.4 is 0 Å². The topological polar surface area (TPSA) is 44.2 Å². The lowest BCUT2D eigenvalue weighted by Gasteiger charge is -2.15. The molecule has 1 aromatic heterocycles. The lowest BCUT2D eigenvalue weighted by molar-refractivity contribution is 0.0764. The van der Waals surface area contributed by atoms with Gasteiger partial charge in [0.15, 0.2) is 5.82 Å². The number of halogens is 2. The Bertz CT molecular complexity index is 413. The second-order valence-electron chi connectivity index (χ2n) is 4.06. The Labute approximate surface area is 114 Å². The minimum absolute atomic E-state index is 0.0591. The lowest BCUT2D eigenvalue weighted by Crippen LogP contribution is -2.11. The first-order valence-electron chi connectivity index (χ1n) is 5.41. The molecule has 2 rings (SSSR count). The van der Waals surface area contributed by atoms with Gasteiger partial charge in [0.1, 0.15) is 11.3 Å². The van der Waals surface area contributed by atoms with Crippen LogP contribution >= 0.6 is 27.5 Å². The highest BCUT2D eigenvalue weighted by molar-refractivity contribution is 9.10. The molecule has 0 N–H and O–H groups in total. The van der Waals surface area contributed by atoms with Crippen molar-refractivity contribution in [2.45, 2.75) is 25.6 Å². The highest BCUT2D eigenvalue weighted by Gasteiger charge is 2.35. The fourth-order valence-corrected chi connectivity index (χ4v) is 2.24. The van der Waals surface area contributed by atoms with Gasteiger partial charge >= 0.3 is 0 Å². The zero-order chi connectivity index (χ0) is 12.4. The first-order valence-corrected chi connectivity index (χ1v) is 6.58. The zero-order valence-electron chi connectivity index (χ0n) is 9.74. The largest absolute Gasteiger partial charge is 0.378 e. The number of rotatable bonds is 5. The Morgan fingerprint density at radius 3 is 2.65 bits per heavy atom. The van der Waals surface area contributed by atoms with E-state index in [9.17, 15) is 0 Å². The summed E-state index contributed by atoms with van der Waals surface area (Å²) in [6.45, 7) is 0.400. The summed E-state index contributed by atoms with van der Waals surface area (Å²) in [6.07, 6.45) is 2.26. The number of nitrogens with zero attached hydrogens (tertiary/aromatic N) is 2. The fourth-order valence-electron chi connectivity index (χ4n) is 1.75. The lowest BCUT2D eigenvalue weighted by atomic mass is 10.2. The van der Waals surface area contributed by atoms with E-state index in [-0.39, 0.29) is 6.10 Å². The Morgan fingerprint density at radius 2 is 2.12 bits per heavy atom. The number of methoxy groups -OCH3 is 2. The van der Waals surface area contributed by atoms with Crippen molar-refractivity contribution in [3.05, 3.63) is 21.1 Å². The van der Waals surface area contributed by atoms with Gasteiger partial charge in [-0.05, 0) is 34.7 Å². The van der Waals surface area contributed by atoms with E-state index in [0.717, 1.165) is 18.5 Å². The fraction of sp³-hybridized carbons (Fsp3) is 0.636. The molecule has 6 heteroatoms. The molecule has 1 fully saturated rings. The third kappa shape index (κ3) is 2.96. The van der Waals surface area contributed by atoms with Crippen LogP contribution in [-0.2, 0) is 16.1 Å². The molecule has 0 amide bonds. The predicted octanol–water partition coefficient (Wildman–Crippen LogP) is 3.14. The van der Waals surface area contributed by atoms with Gasteiger partial charge < -0.3 is 9.47 Å². The minimum Gasteiger partial charge on any atom is -0.378 e. The number of aromatic nitrogens is 2. The Kier molecular flexibility index (Phi) is 4.36. The molecule has 4 nitrogen and oxygen atoms in total. The van der Waals surface area contributed by atoms with E-state index in [1.54, 1.807) is 14.2 Å². The van der Waals surface area contributed by atoms with Crippen molar-refractivity contribution in [3.8, 4) is 0 Å². The van der Waals surface area contributed by atoms with Gasteiger partial charge in [-0.3, -0.25) is 0 Å². The van der Waals surface area contributed by atoms with Crippen LogP contribution in [0.1, 0.15) is 30.5 Å². The predicted molar refractivity (Wildman–Crippen MR) is 67.9 cm³/mol. The molecule has 1 aliphatic rings. The second kappa shape index (κ2) is 5.61. The highest BCUT2D eigenvalue weighted by Crippen LogP contribution is 2.42. The normalized spacial score (nSPS) is 17.2. The summed E-state index contributed by atoms with van der Waals surface area (Å²) in [5.74, 6) is 1.17. The smallest absolute Gasteiger partial charge is 0.159 e. The molecule has 0 radical (unpaired) electrons. The van der Waals surface area contributed by atoms with E-state index in [2.05, 4.69) is 25.9 Å². The maximum atomic E-state index is 6.07. The van der Waals surface area contributed by atoms with Gasteiger partial charge in [-0.25, -0.2) is 9.97 Å². The van der Waals surface area contributed by atoms with Crippen LogP contribution in [0, 0.1) is 5.92 Å². The van der Waals surface area contributed by atoms with Gasteiger partial charge in [0.2, 0.25) is 0 Å². The average Bonchev–Trinajstić information content (AvgIpc) is 3.11. The molecule has 0 bridgehead atoms. The SMILES string of the molecule is COCc1nc(C(OC)C2CC2)nc(Cl)c1Br. The Hall–Kier alpha value is -0.230. The van der Waals surface area contributed by atoms with Crippen LogP contribution in [-0.4, -0.2) is 24.2 Å². The van der Waals surface area contributed by atoms with Crippen LogP contribution in [0.15, 0.2) is 4.47 Å². The van der Waals surface area contributed by atoms with Crippen LogP contribution in [0.3, 0.4) is 0 Å². The van der Waals surface area contributed by atoms with Crippen molar-refractivity contribution < 1.29 is 9.47 Å². The van der Waals surface area contributed by atoms with Crippen molar-refractivity contribution in [2.75, 3.05) is 14.2 Å². The highest BCUT2D eigenvalue weighted by atomic mass is 79.9. The molecule has 17 heavy (non-hydrogen) atoms. The molecular formula is C11H14BrClN2O2. The first-order chi connectivity index (χ1) is 8.17. The zero-order valence-corrected chi connectivity index (χ0v) is 12.1. The van der Waals surface area contributed by atoms with Crippen LogP contribution in [0.4, 0.5) is 0 Å². The molecule has 0 saturated heterocycles. The van der Waals surface area contributed by atoms with Gasteiger partial charge in [0.25, 0.3) is 0 Å². The maximum absolute atomic E-state index is 6.07. The van der Waals surface area contributed by atoms with Crippen molar-refractivity contribution in [1.82, 2.24) is 9.97 Å². The molecule has 1 saturated carbocycles. The molecule has 1 atom stereocenters. The van der Waals surface area contributed by atoms with E-state index in [0.29, 0.717) is 28.0 Å². The second-order valence-corrected chi connectivity index (χ2v) is 5.21. The third-order valence-corrected chi connectivity index (χ3v) is 4.07. The van der Waals surface area contributed by atoms with Gasteiger partial charge in [0, 0.05) is 14.2 Å². The van der Waals surface area contributed by atoms with Crippen LogP contribution in [0.5, 0.6) is 0 Å². The molecule has 0 aromatic carbocycles. The average molecular weight is 322 g/mol. The maximum Gasteiger partial charge on any atom is 0.159 e. The molecular weight excluding hydrogens is 307 g/mol. The van der Waals surface area contributed by atoms with Crippen molar-refractivity contribution in [2.24, 2.45) is 5.92 Å². The summed E-state index contributed by atoms with van der Waals surface area (Å²) in [6, 6.07) is 0. The Morgan fingerprint density at radius 1 is 1.41 bits per heavy atom. The van der Waals surface area contributed by atoms with E-state index < -0.39 is 0 Å². The first kappa shape index (κ1) is 13.2. The number of ether oxygens (including phenoxy) is 2. The van der Waals surface area contributed by atoms with Gasteiger partial charge in [-0.15, -0.1) is 0 Å². The summed E-state index contributed by atoms with van der Waals surface area (Å²) >= 11 is 9.43. The molecule has 1 aliphatic carbocycles. The third-order valence-electron chi connectivity index (χ3n) is 2.74.